The smallest absolute Gasteiger partial charge is 0.0998 e. The maximum Gasteiger partial charge on any atom is 0.0998 e. The second-order valence-electron chi connectivity index (χ2n) is 6.85. The van der Waals surface area contributed by atoms with Crippen molar-refractivity contribution in [1.29, 1.82) is 5.26 Å². The summed E-state index contributed by atoms with van der Waals surface area (Å²) in [6.07, 6.45) is 9.23. The van der Waals surface area contributed by atoms with Crippen LogP contribution in [0.1, 0.15) is 31.5 Å². The Balaban J connectivity index is 1.79. The van der Waals surface area contributed by atoms with Crippen LogP contribution in [0.4, 0.5) is 0 Å². The number of nitriles is 1. The first-order valence-electron chi connectivity index (χ1n) is 8.68. The Kier molecular flexibility index (Phi) is 5.00. The fourth-order valence-corrected chi connectivity index (χ4v) is 3.34. The first-order chi connectivity index (χ1) is 12.1. The van der Waals surface area contributed by atoms with Crippen LogP contribution < -0.4 is 5.73 Å². The molecule has 0 saturated carbocycles. The van der Waals surface area contributed by atoms with E-state index in [2.05, 4.69) is 43.1 Å². The van der Waals surface area contributed by atoms with Gasteiger partial charge in [-0.2, -0.15) is 5.26 Å². The maximum atomic E-state index is 9.23. The fourth-order valence-electron chi connectivity index (χ4n) is 3.34. The van der Waals surface area contributed by atoms with Gasteiger partial charge in [0.2, 0.25) is 0 Å². The molecule has 126 valence electrons. The van der Waals surface area contributed by atoms with E-state index in [0.29, 0.717) is 23.3 Å². The Hall–Kier alpha value is -2.86. The molecule has 1 aromatic heterocycles. The molecule has 1 aliphatic carbocycles. The minimum atomic E-state index is 0.351. The SMILES string of the molecule is C[C@H]1[C@H](C=Cc2ccc(-c3ccccc3C#N)cn2)C=C(N)C[C@@H]1C. The van der Waals surface area contributed by atoms with Crippen LogP contribution in [0.15, 0.2) is 60.4 Å². The summed E-state index contributed by atoms with van der Waals surface area (Å²) in [5, 5.41) is 9.23. The normalized spacial score (nSPS) is 23.2. The van der Waals surface area contributed by atoms with Crippen molar-refractivity contribution in [3.05, 3.63) is 71.7 Å². The number of nitrogens with zero attached hydrogens (tertiary/aromatic N) is 2. The second-order valence-corrected chi connectivity index (χ2v) is 6.85. The molecule has 0 radical (unpaired) electrons. The van der Waals surface area contributed by atoms with E-state index < -0.39 is 0 Å². The molecule has 3 atom stereocenters. The van der Waals surface area contributed by atoms with Crippen molar-refractivity contribution < 1.29 is 0 Å². The van der Waals surface area contributed by atoms with E-state index in [1.807, 2.05) is 42.6 Å². The number of aromatic nitrogens is 1. The van der Waals surface area contributed by atoms with Gasteiger partial charge in [0.15, 0.2) is 0 Å². The van der Waals surface area contributed by atoms with Gasteiger partial charge in [-0.25, -0.2) is 0 Å². The summed E-state index contributed by atoms with van der Waals surface area (Å²) < 4.78 is 0. The van der Waals surface area contributed by atoms with Crippen LogP contribution >= 0.6 is 0 Å². The van der Waals surface area contributed by atoms with Crippen LogP contribution in [0.3, 0.4) is 0 Å². The van der Waals surface area contributed by atoms with Crippen molar-refractivity contribution >= 4 is 6.08 Å². The number of allylic oxidation sites excluding steroid dienone is 3. The first-order valence-corrected chi connectivity index (χ1v) is 8.68. The third kappa shape index (κ3) is 3.80. The van der Waals surface area contributed by atoms with E-state index in [-0.39, 0.29) is 0 Å². The molecule has 2 aromatic rings. The summed E-state index contributed by atoms with van der Waals surface area (Å²) in [6.45, 7) is 4.53. The molecule has 3 heteroatoms. The lowest BCUT2D eigenvalue weighted by molar-refractivity contribution is 0.317. The Morgan fingerprint density at radius 3 is 2.72 bits per heavy atom. The zero-order valence-corrected chi connectivity index (χ0v) is 14.7. The third-order valence-corrected chi connectivity index (χ3v) is 5.10. The van der Waals surface area contributed by atoms with E-state index in [1.165, 1.54) is 0 Å². The van der Waals surface area contributed by atoms with Crippen molar-refractivity contribution in [3.8, 4) is 17.2 Å². The van der Waals surface area contributed by atoms with E-state index in [9.17, 15) is 5.26 Å². The predicted molar refractivity (Wildman–Crippen MR) is 102 cm³/mol. The number of nitrogens with two attached hydrogens (primary N) is 1. The number of rotatable bonds is 3. The molecule has 0 aliphatic heterocycles. The van der Waals surface area contributed by atoms with Crippen LogP contribution in [0, 0.1) is 29.1 Å². The Morgan fingerprint density at radius 1 is 1.20 bits per heavy atom. The van der Waals surface area contributed by atoms with Gasteiger partial charge in [-0.1, -0.05) is 50.3 Å². The van der Waals surface area contributed by atoms with Gasteiger partial charge in [0.05, 0.1) is 17.3 Å². The highest BCUT2D eigenvalue weighted by Gasteiger charge is 2.24. The molecule has 1 aromatic carbocycles. The lowest BCUT2D eigenvalue weighted by Gasteiger charge is -2.30. The Morgan fingerprint density at radius 2 is 2.00 bits per heavy atom. The number of benzene rings is 1. The van der Waals surface area contributed by atoms with Crippen LogP contribution in [0.2, 0.25) is 0 Å². The highest BCUT2D eigenvalue weighted by molar-refractivity contribution is 5.70. The predicted octanol–water partition coefficient (Wildman–Crippen LogP) is 4.77. The van der Waals surface area contributed by atoms with Crippen molar-refractivity contribution in [1.82, 2.24) is 4.98 Å². The third-order valence-electron chi connectivity index (χ3n) is 5.10. The van der Waals surface area contributed by atoms with Crippen LogP contribution in [0.25, 0.3) is 17.2 Å². The molecule has 25 heavy (non-hydrogen) atoms. The zero-order valence-electron chi connectivity index (χ0n) is 14.7. The highest BCUT2D eigenvalue weighted by Crippen LogP contribution is 2.33. The number of hydrogen-bond donors (Lipinski definition) is 1. The van der Waals surface area contributed by atoms with Crippen molar-refractivity contribution in [2.45, 2.75) is 20.3 Å². The molecular formula is C22H23N3. The van der Waals surface area contributed by atoms with Crippen molar-refractivity contribution in [2.24, 2.45) is 23.5 Å². The van der Waals surface area contributed by atoms with E-state index >= 15 is 0 Å². The first kappa shape index (κ1) is 17.0. The van der Waals surface area contributed by atoms with Gasteiger partial charge < -0.3 is 5.73 Å². The molecule has 0 spiro atoms. The minimum Gasteiger partial charge on any atom is -0.402 e. The standard InChI is InChI=1S/C22H23N3/c1-15-11-20(24)12-17(16(15)2)7-9-21-10-8-19(14-25-21)22-6-4-3-5-18(22)13-23/h3-10,12,14-17H,11,24H2,1-2H3/t15-,16+,17+/m0/s1. The molecule has 0 bridgehead atoms. The van der Waals surface area contributed by atoms with Crippen LogP contribution in [0.5, 0.6) is 0 Å². The summed E-state index contributed by atoms with van der Waals surface area (Å²) in [5.74, 6) is 1.52. The van der Waals surface area contributed by atoms with Gasteiger partial charge >= 0.3 is 0 Å². The summed E-state index contributed by atoms with van der Waals surface area (Å²) in [5.41, 5.74) is 10.5. The summed E-state index contributed by atoms with van der Waals surface area (Å²) >= 11 is 0. The molecular weight excluding hydrogens is 306 g/mol. The highest BCUT2D eigenvalue weighted by atomic mass is 14.7. The monoisotopic (exact) mass is 329 g/mol. The minimum absolute atomic E-state index is 0.351. The number of hydrogen-bond acceptors (Lipinski definition) is 3. The fraction of sp³-hybridized carbons (Fsp3) is 0.273. The van der Waals surface area contributed by atoms with Crippen molar-refractivity contribution in [3.63, 3.8) is 0 Å². The lowest BCUT2D eigenvalue weighted by Crippen LogP contribution is -2.24. The molecule has 0 amide bonds. The Labute approximate surface area is 149 Å². The topological polar surface area (TPSA) is 62.7 Å². The molecule has 1 aliphatic rings. The molecule has 0 saturated heterocycles. The quantitative estimate of drug-likeness (QED) is 0.882. The van der Waals surface area contributed by atoms with Gasteiger partial charge in [0.1, 0.15) is 0 Å². The van der Waals surface area contributed by atoms with E-state index in [4.69, 9.17) is 5.73 Å². The summed E-state index contributed by atoms with van der Waals surface area (Å²) in [7, 11) is 0. The number of pyridine rings is 1. The van der Waals surface area contributed by atoms with Crippen molar-refractivity contribution in [2.75, 3.05) is 0 Å². The Bertz CT molecular complexity index is 840. The van der Waals surface area contributed by atoms with Gasteiger partial charge in [0.25, 0.3) is 0 Å². The largest absolute Gasteiger partial charge is 0.402 e. The molecule has 3 nitrogen and oxygen atoms in total. The van der Waals surface area contributed by atoms with Gasteiger partial charge in [-0.05, 0) is 42.4 Å². The average Bonchev–Trinajstić information content (AvgIpc) is 2.64. The average molecular weight is 329 g/mol. The zero-order chi connectivity index (χ0) is 17.8. The second kappa shape index (κ2) is 7.36. The van der Waals surface area contributed by atoms with E-state index in [0.717, 1.165) is 28.9 Å². The molecule has 0 unspecified atom stereocenters. The van der Waals surface area contributed by atoms with Gasteiger partial charge in [-0.15, -0.1) is 0 Å². The maximum absolute atomic E-state index is 9.23. The van der Waals surface area contributed by atoms with Gasteiger partial charge in [-0.3, -0.25) is 4.98 Å². The lowest BCUT2D eigenvalue weighted by atomic mass is 9.76. The summed E-state index contributed by atoms with van der Waals surface area (Å²) in [4.78, 5) is 4.53. The molecule has 0 fully saturated rings. The van der Waals surface area contributed by atoms with Gasteiger partial charge in [0, 0.05) is 23.0 Å². The van der Waals surface area contributed by atoms with Crippen LogP contribution in [-0.4, -0.2) is 4.98 Å². The molecule has 1 heterocycles. The van der Waals surface area contributed by atoms with E-state index in [1.54, 1.807) is 0 Å². The summed E-state index contributed by atoms with van der Waals surface area (Å²) in [6, 6.07) is 13.8. The molecule has 3 rings (SSSR count). The molecule has 2 N–H and O–H groups in total. The van der Waals surface area contributed by atoms with Crippen LogP contribution in [-0.2, 0) is 0 Å².